The van der Waals surface area contributed by atoms with Gasteiger partial charge in [-0.3, -0.25) is 4.79 Å². The predicted octanol–water partition coefficient (Wildman–Crippen LogP) is 1.90. The van der Waals surface area contributed by atoms with Crippen molar-refractivity contribution in [2.75, 3.05) is 13.1 Å². The fourth-order valence-corrected chi connectivity index (χ4v) is 2.85. The number of nitrogens with zero attached hydrogens (tertiary/aromatic N) is 2. The Kier molecular flexibility index (Phi) is 4.84. The van der Waals surface area contributed by atoms with Gasteiger partial charge in [-0.15, -0.1) is 0 Å². The molecular weight excluding hydrogens is 304 g/mol. The van der Waals surface area contributed by atoms with E-state index in [1.54, 1.807) is 12.1 Å². The van der Waals surface area contributed by atoms with Crippen LogP contribution in [0.5, 0.6) is 0 Å². The summed E-state index contributed by atoms with van der Waals surface area (Å²) in [6, 6.07) is 11.8. The normalized spacial score (nSPS) is 14.4. The average Bonchev–Trinajstić information content (AvgIpc) is 3.07. The fourth-order valence-electron chi connectivity index (χ4n) is 2.85. The molecule has 2 aromatic rings. The summed E-state index contributed by atoms with van der Waals surface area (Å²) in [5.74, 6) is 1.07. The van der Waals surface area contributed by atoms with Gasteiger partial charge in [-0.1, -0.05) is 24.3 Å². The van der Waals surface area contributed by atoms with E-state index in [-0.39, 0.29) is 5.76 Å². The summed E-state index contributed by atoms with van der Waals surface area (Å²) < 4.78 is 5.39. The molecule has 0 atom stereocenters. The molecule has 1 aliphatic heterocycles. The maximum absolute atomic E-state index is 11.1. The van der Waals surface area contributed by atoms with Gasteiger partial charge in [0, 0.05) is 19.6 Å². The quantitative estimate of drug-likeness (QED) is 0.664. The van der Waals surface area contributed by atoms with E-state index in [1.165, 1.54) is 11.1 Å². The van der Waals surface area contributed by atoms with Gasteiger partial charge < -0.3 is 20.4 Å². The lowest BCUT2D eigenvalue weighted by Crippen LogP contribution is -2.44. The molecule has 126 valence electrons. The standard InChI is InChI=1S/C18H22N4O2/c1-2-20-18(21-11-15-7-8-16(24-15)17(19)23)22-10-9-13-5-3-4-6-14(13)12-22/h3-8H,2,9-12H2,1H3,(H2,19,23)(H,20,21). The van der Waals surface area contributed by atoms with Crippen LogP contribution < -0.4 is 11.1 Å². The second-order valence-corrected chi connectivity index (χ2v) is 5.74. The van der Waals surface area contributed by atoms with E-state index < -0.39 is 5.91 Å². The van der Waals surface area contributed by atoms with Gasteiger partial charge in [0.2, 0.25) is 0 Å². The molecule has 0 fully saturated rings. The second-order valence-electron chi connectivity index (χ2n) is 5.74. The first-order valence-corrected chi connectivity index (χ1v) is 8.16. The molecule has 0 aliphatic carbocycles. The van der Waals surface area contributed by atoms with Crippen LogP contribution in [0.1, 0.15) is 34.4 Å². The van der Waals surface area contributed by atoms with Gasteiger partial charge in [-0.2, -0.15) is 0 Å². The molecule has 1 aromatic heterocycles. The van der Waals surface area contributed by atoms with Crippen LogP contribution in [0, 0.1) is 0 Å². The first-order chi connectivity index (χ1) is 11.7. The number of carbonyl (C=O) groups is 1. The maximum atomic E-state index is 11.1. The Morgan fingerprint density at radius 2 is 2.08 bits per heavy atom. The fraction of sp³-hybridized carbons (Fsp3) is 0.333. The number of nitrogens with two attached hydrogens (primary N) is 1. The van der Waals surface area contributed by atoms with Crippen molar-refractivity contribution in [3.05, 3.63) is 59.0 Å². The number of rotatable bonds is 4. The van der Waals surface area contributed by atoms with Crippen LogP contribution in [0.2, 0.25) is 0 Å². The highest BCUT2D eigenvalue weighted by Crippen LogP contribution is 2.18. The number of amides is 1. The zero-order valence-corrected chi connectivity index (χ0v) is 13.8. The first kappa shape index (κ1) is 16.1. The highest BCUT2D eigenvalue weighted by molar-refractivity contribution is 5.89. The summed E-state index contributed by atoms with van der Waals surface area (Å²) in [4.78, 5) is 18.0. The van der Waals surface area contributed by atoms with Crippen molar-refractivity contribution < 1.29 is 9.21 Å². The topological polar surface area (TPSA) is 83.9 Å². The lowest BCUT2D eigenvalue weighted by Gasteiger charge is -2.31. The van der Waals surface area contributed by atoms with Crippen LogP contribution in [-0.2, 0) is 19.5 Å². The van der Waals surface area contributed by atoms with Crippen molar-refractivity contribution in [1.29, 1.82) is 0 Å². The second kappa shape index (κ2) is 7.21. The van der Waals surface area contributed by atoms with Crippen LogP contribution in [0.3, 0.4) is 0 Å². The molecule has 6 heteroatoms. The number of guanidine groups is 1. The third-order valence-electron chi connectivity index (χ3n) is 4.05. The summed E-state index contributed by atoms with van der Waals surface area (Å²) >= 11 is 0. The summed E-state index contributed by atoms with van der Waals surface area (Å²) in [5, 5.41) is 3.33. The number of hydrogen-bond donors (Lipinski definition) is 2. The van der Waals surface area contributed by atoms with Crippen molar-refractivity contribution in [3.63, 3.8) is 0 Å². The van der Waals surface area contributed by atoms with E-state index in [9.17, 15) is 4.79 Å². The largest absolute Gasteiger partial charge is 0.454 e. The van der Waals surface area contributed by atoms with Crippen molar-refractivity contribution in [1.82, 2.24) is 10.2 Å². The summed E-state index contributed by atoms with van der Waals surface area (Å²) in [7, 11) is 0. The molecule has 0 saturated carbocycles. The van der Waals surface area contributed by atoms with Gasteiger partial charge in [0.15, 0.2) is 11.7 Å². The Morgan fingerprint density at radius 1 is 1.29 bits per heavy atom. The number of furan rings is 1. The van der Waals surface area contributed by atoms with Crippen LogP contribution in [-0.4, -0.2) is 29.9 Å². The Balaban J connectivity index is 1.73. The van der Waals surface area contributed by atoms with Gasteiger partial charge in [0.05, 0.1) is 0 Å². The molecule has 1 amide bonds. The number of fused-ring (bicyclic) bond motifs is 1. The first-order valence-electron chi connectivity index (χ1n) is 8.16. The summed E-state index contributed by atoms with van der Waals surface area (Å²) in [5.41, 5.74) is 7.94. The van der Waals surface area contributed by atoms with E-state index in [4.69, 9.17) is 10.2 Å². The Hall–Kier alpha value is -2.76. The minimum Gasteiger partial charge on any atom is -0.454 e. The van der Waals surface area contributed by atoms with E-state index >= 15 is 0 Å². The van der Waals surface area contributed by atoms with Gasteiger partial charge in [-0.25, -0.2) is 4.99 Å². The molecule has 0 bridgehead atoms. The summed E-state index contributed by atoms with van der Waals surface area (Å²) in [6.45, 7) is 4.97. The third-order valence-corrected chi connectivity index (χ3v) is 4.05. The molecule has 0 radical (unpaired) electrons. The van der Waals surface area contributed by atoms with Crippen LogP contribution in [0.4, 0.5) is 0 Å². The Labute approximate surface area is 141 Å². The van der Waals surface area contributed by atoms with Crippen molar-refractivity contribution in [2.24, 2.45) is 10.7 Å². The zero-order chi connectivity index (χ0) is 16.9. The lowest BCUT2D eigenvalue weighted by molar-refractivity contribution is 0.0972. The molecule has 0 spiro atoms. The smallest absolute Gasteiger partial charge is 0.284 e. The van der Waals surface area contributed by atoms with Gasteiger partial charge in [0.25, 0.3) is 5.91 Å². The molecule has 3 N–H and O–H groups in total. The number of nitrogens with one attached hydrogen (secondary N) is 1. The third kappa shape index (κ3) is 3.59. The summed E-state index contributed by atoms with van der Waals surface area (Å²) in [6.07, 6.45) is 1.01. The number of benzene rings is 1. The number of aliphatic imine (C=N–C) groups is 1. The molecule has 24 heavy (non-hydrogen) atoms. The monoisotopic (exact) mass is 326 g/mol. The van der Waals surface area contributed by atoms with Crippen molar-refractivity contribution in [3.8, 4) is 0 Å². The predicted molar refractivity (Wildman–Crippen MR) is 92.6 cm³/mol. The van der Waals surface area contributed by atoms with Gasteiger partial charge in [-0.05, 0) is 36.6 Å². The van der Waals surface area contributed by atoms with Gasteiger partial charge >= 0.3 is 0 Å². The highest BCUT2D eigenvalue weighted by Gasteiger charge is 2.18. The maximum Gasteiger partial charge on any atom is 0.284 e. The van der Waals surface area contributed by atoms with E-state index in [2.05, 4.69) is 39.5 Å². The minimum absolute atomic E-state index is 0.164. The molecular formula is C18H22N4O2. The van der Waals surface area contributed by atoms with Crippen LogP contribution in [0.25, 0.3) is 0 Å². The molecule has 6 nitrogen and oxygen atoms in total. The average molecular weight is 326 g/mol. The Bertz CT molecular complexity index is 751. The van der Waals surface area contributed by atoms with E-state index in [1.807, 2.05) is 6.92 Å². The zero-order valence-electron chi connectivity index (χ0n) is 13.8. The molecule has 3 rings (SSSR count). The van der Waals surface area contributed by atoms with Crippen LogP contribution >= 0.6 is 0 Å². The van der Waals surface area contributed by atoms with E-state index in [0.29, 0.717) is 12.3 Å². The van der Waals surface area contributed by atoms with Crippen LogP contribution in [0.15, 0.2) is 45.8 Å². The SMILES string of the molecule is CCNC(=NCc1ccc(C(N)=O)o1)N1CCc2ccccc2C1. The molecule has 0 unspecified atom stereocenters. The molecule has 1 aliphatic rings. The minimum atomic E-state index is -0.565. The van der Waals surface area contributed by atoms with Crippen molar-refractivity contribution >= 4 is 11.9 Å². The lowest BCUT2D eigenvalue weighted by atomic mass is 10.0. The van der Waals surface area contributed by atoms with E-state index in [0.717, 1.165) is 32.0 Å². The number of carbonyl (C=O) groups excluding carboxylic acids is 1. The Morgan fingerprint density at radius 3 is 2.79 bits per heavy atom. The highest BCUT2D eigenvalue weighted by atomic mass is 16.3. The van der Waals surface area contributed by atoms with Gasteiger partial charge in [0.1, 0.15) is 12.3 Å². The molecule has 0 saturated heterocycles. The molecule has 2 heterocycles. The number of primary amides is 1. The van der Waals surface area contributed by atoms with Crippen molar-refractivity contribution in [2.45, 2.75) is 26.4 Å². The molecule has 1 aromatic carbocycles. The number of hydrogen-bond acceptors (Lipinski definition) is 3.